The summed E-state index contributed by atoms with van der Waals surface area (Å²) in [5.74, 6) is -0.986. The van der Waals surface area contributed by atoms with E-state index in [9.17, 15) is 4.79 Å². The molecule has 7 heteroatoms. The molecule has 2 unspecified atom stereocenters. The minimum absolute atomic E-state index is 0.637. The van der Waals surface area contributed by atoms with E-state index < -0.39 is 37.0 Å². The number of esters is 1. The van der Waals surface area contributed by atoms with E-state index in [1.807, 2.05) is 0 Å². The van der Waals surface area contributed by atoms with Gasteiger partial charge in [-0.25, -0.2) is 4.79 Å². The molecular weight excluding hydrogens is 196 g/mol. The molecule has 7 nitrogen and oxygen atoms in total. The molecule has 0 radical (unpaired) electrons. The average Bonchev–Trinajstić information content (AvgIpc) is 2.48. The number of carbonyl (C=O) groups is 1. The van der Waals surface area contributed by atoms with Crippen LogP contribution in [-0.2, 0) is 9.53 Å². The molecule has 1 heterocycles. The number of cyclic esters (lactones) is 1. The fraction of sp³-hybridized carbons (Fsp3) is 0.857. The van der Waals surface area contributed by atoms with E-state index in [2.05, 4.69) is 4.74 Å². The molecule has 0 bridgehead atoms. The molecule has 14 heavy (non-hydrogen) atoms. The molecule has 0 aromatic carbocycles. The first kappa shape index (κ1) is 13.3. The van der Waals surface area contributed by atoms with Crippen molar-refractivity contribution in [3.05, 3.63) is 0 Å². The van der Waals surface area contributed by atoms with Gasteiger partial charge in [0.05, 0.1) is 6.61 Å². The van der Waals surface area contributed by atoms with Crippen LogP contribution in [0.15, 0.2) is 0 Å². The van der Waals surface area contributed by atoms with Crippen LogP contribution in [0.1, 0.15) is 0 Å². The molecule has 0 aliphatic carbocycles. The van der Waals surface area contributed by atoms with E-state index in [0.717, 1.165) is 7.11 Å². The summed E-state index contributed by atoms with van der Waals surface area (Å²) in [5.41, 5.74) is 0. The third-order valence-electron chi connectivity index (χ3n) is 1.72. The first-order valence-electron chi connectivity index (χ1n) is 3.88. The number of hydrogen-bond donors (Lipinski definition) is 5. The molecule has 1 aliphatic rings. The van der Waals surface area contributed by atoms with Gasteiger partial charge in [0.25, 0.3) is 0 Å². The largest absolute Gasteiger partial charge is 0.455 e. The fourth-order valence-corrected chi connectivity index (χ4v) is 1.00. The van der Waals surface area contributed by atoms with Crippen LogP contribution in [0.25, 0.3) is 0 Å². The minimum Gasteiger partial charge on any atom is -0.455 e. The summed E-state index contributed by atoms with van der Waals surface area (Å²) < 4.78 is 4.39. The van der Waals surface area contributed by atoms with E-state index >= 15 is 0 Å². The Balaban J connectivity index is 0.000000791. The zero-order valence-electron chi connectivity index (χ0n) is 7.57. The van der Waals surface area contributed by atoms with Crippen LogP contribution < -0.4 is 0 Å². The average molecular weight is 210 g/mol. The van der Waals surface area contributed by atoms with Crippen molar-refractivity contribution in [1.29, 1.82) is 0 Å². The number of hydrogen-bond acceptors (Lipinski definition) is 7. The maximum absolute atomic E-state index is 10.6. The van der Waals surface area contributed by atoms with Crippen molar-refractivity contribution in [3.8, 4) is 0 Å². The normalized spacial score (nSPS) is 33.0. The van der Waals surface area contributed by atoms with Gasteiger partial charge >= 0.3 is 5.97 Å². The summed E-state index contributed by atoms with van der Waals surface area (Å²) in [7, 11) is 1.00. The van der Waals surface area contributed by atoms with E-state index in [1.165, 1.54) is 0 Å². The summed E-state index contributed by atoms with van der Waals surface area (Å²) in [4.78, 5) is 10.6. The SMILES string of the molecule is CO.O=C1O[C@H]([C@@H](O)CO)C(O)C1O. The molecular formula is C7H14O7. The molecule has 5 N–H and O–H groups in total. The molecule has 0 amide bonds. The van der Waals surface area contributed by atoms with Gasteiger partial charge in [0.2, 0.25) is 0 Å². The highest BCUT2D eigenvalue weighted by Gasteiger charge is 2.45. The zero-order valence-corrected chi connectivity index (χ0v) is 7.57. The highest BCUT2D eigenvalue weighted by atomic mass is 16.6. The van der Waals surface area contributed by atoms with Gasteiger partial charge in [-0.2, -0.15) is 0 Å². The highest BCUT2D eigenvalue weighted by Crippen LogP contribution is 2.18. The van der Waals surface area contributed by atoms with Gasteiger partial charge in [-0.15, -0.1) is 0 Å². The van der Waals surface area contributed by atoms with E-state index in [4.69, 9.17) is 25.5 Å². The maximum Gasteiger partial charge on any atom is 0.338 e. The third kappa shape index (κ3) is 2.63. The Hall–Kier alpha value is -0.730. The van der Waals surface area contributed by atoms with Crippen molar-refractivity contribution in [1.82, 2.24) is 0 Å². The molecule has 1 rings (SSSR count). The molecule has 1 fully saturated rings. The molecule has 0 saturated carbocycles. The van der Waals surface area contributed by atoms with Crippen molar-refractivity contribution in [2.45, 2.75) is 24.4 Å². The fourth-order valence-electron chi connectivity index (χ4n) is 1.00. The van der Waals surface area contributed by atoms with Crippen LogP contribution in [0.3, 0.4) is 0 Å². The number of aliphatic hydroxyl groups excluding tert-OH is 5. The monoisotopic (exact) mass is 210 g/mol. The molecule has 4 atom stereocenters. The van der Waals surface area contributed by atoms with Gasteiger partial charge < -0.3 is 30.3 Å². The Morgan fingerprint density at radius 1 is 1.43 bits per heavy atom. The van der Waals surface area contributed by atoms with Crippen LogP contribution in [0.4, 0.5) is 0 Å². The van der Waals surface area contributed by atoms with Gasteiger partial charge in [0.1, 0.15) is 12.2 Å². The lowest BCUT2D eigenvalue weighted by Crippen LogP contribution is -2.40. The minimum atomic E-state index is -1.63. The quantitative estimate of drug-likeness (QED) is 0.300. The number of carbonyl (C=O) groups excluding carboxylic acids is 1. The number of ether oxygens (including phenoxy) is 1. The van der Waals surface area contributed by atoms with E-state index in [-0.39, 0.29) is 0 Å². The van der Waals surface area contributed by atoms with E-state index in [0.29, 0.717) is 0 Å². The molecule has 1 saturated heterocycles. The first-order chi connectivity index (χ1) is 6.57. The smallest absolute Gasteiger partial charge is 0.338 e. The van der Waals surface area contributed by atoms with Crippen LogP contribution in [0.5, 0.6) is 0 Å². The van der Waals surface area contributed by atoms with Crippen molar-refractivity contribution in [2.75, 3.05) is 13.7 Å². The summed E-state index contributed by atoms with van der Waals surface area (Å²) in [6, 6.07) is 0. The lowest BCUT2D eigenvalue weighted by molar-refractivity contribution is -0.151. The Morgan fingerprint density at radius 2 is 1.93 bits per heavy atom. The maximum atomic E-state index is 10.6. The summed E-state index contributed by atoms with van der Waals surface area (Å²) in [5, 5.41) is 42.3. The third-order valence-corrected chi connectivity index (χ3v) is 1.72. The summed E-state index contributed by atoms with van der Waals surface area (Å²) in [6.45, 7) is -0.637. The van der Waals surface area contributed by atoms with Crippen LogP contribution >= 0.6 is 0 Å². The first-order valence-corrected chi connectivity index (χ1v) is 3.88. The van der Waals surface area contributed by atoms with Crippen LogP contribution in [0.2, 0.25) is 0 Å². The standard InChI is InChI=1S/C6H10O6.CH4O/c7-1-2(8)5-3(9)4(10)6(11)12-5;1-2/h2-5,7-10H,1H2;2H,1H3/t2-,3?,4?,5+;/m0./s1. The van der Waals surface area contributed by atoms with Crippen LogP contribution in [-0.4, -0.2) is 69.6 Å². The summed E-state index contributed by atoms with van der Waals surface area (Å²) in [6.07, 6.45) is -5.70. The molecule has 0 aromatic heterocycles. The Bertz CT molecular complexity index is 183. The van der Waals surface area contributed by atoms with Crippen molar-refractivity contribution in [2.24, 2.45) is 0 Å². The predicted octanol–water partition coefficient (Wildman–Crippen LogP) is -3.40. The van der Waals surface area contributed by atoms with Crippen molar-refractivity contribution >= 4 is 5.97 Å². The second kappa shape index (κ2) is 5.89. The second-order valence-corrected chi connectivity index (χ2v) is 2.59. The van der Waals surface area contributed by atoms with Gasteiger partial charge in [0, 0.05) is 7.11 Å². The molecule has 84 valence electrons. The topological polar surface area (TPSA) is 127 Å². The molecule has 0 spiro atoms. The lowest BCUT2D eigenvalue weighted by atomic mass is 10.1. The van der Waals surface area contributed by atoms with Crippen LogP contribution in [0, 0.1) is 0 Å². The van der Waals surface area contributed by atoms with Gasteiger partial charge in [-0.05, 0) is 0 Å². The van der Waals surface area contributed by atoms with Crippen molar-refractivity contribution in [3.63, 3.8) is 0 Å². The van der Waals surface area contributed by atoms with Gasteiger partial charge in [0.15, 0.2) is 12.2 Å². The highest BCUT2D eigenvalue weighted by molar-refractivity contribution is 5.77. The zero-order chi connectivity index (χ0) is 11.3. The predicted molar refractivity (Wildman–Crippen MR) is 43.1 cm³/mol. The summed E-state index contributed by atoms with van der Waals surface area (Å²) >= 11 is 0. The number of rotatable bonds is 2. The Kier molecular flexibility index (Phi) is 5.58. The molecule has 1 aliphatic heterocycles. The van der Waals surface area contributed by atoms with Crippen molar-refractivity contribution < 1.29 is 35.1 Å². The second-order valence-electron chi connectivity index (χ2n) is 2.59. The lowest BCUT2D eigenvalue weighted by Gasteiger charge is -2.17. The molecule has 0 aromatic rings. The number of aliphatic hydroxyl groups is 5. The van der Waals surface area contributed by atoms with E-state index in [1.54, 1.807) is 0 Å². The Morgan fingerprint density at radius 3 is 2.21 bits per heavy atom. The Labute approximate surface area is 80.2 Å². The van der Waals surface area contributed by atoms with Gasteiger partial charge in [-0.1, -0.05) is 0 Å². The van der Waals surface area contributed by atoms with Gasteiger partial charge in [-0.3, -0.25) is 0 Å².